The Hall–Kier alpha value is -2.54. The Morgan fingerprint density at radius 2 is 1.88 bits per heavy atom. The standard InChI is InChI=1S/C18H19F2N3O2/c19-18(20)25-16-6-2-1-5-15(16)17(24)23-10-8-22(9-11-23)13-14-4-3-7-21-12-14/h1-7,12,18H,8-11,13H2. The fraction of sp³-hybridized carbons (Fsp3) is 0.333. The zero-order valence-electron chi connectivity index (χ0n) is 13.6. The van der Waals surface area contributed by atoms with Crippen LogP contribution in [0.1, 0.15) is 15.9 Å². The summed E-state index contributed by atoms with van der Waals surface area (Å²) in [5.41, 5.74) is 1.29. The first kappa shape index (κ1) is 17.3. The lowest BCUT2D eigenvalue weighted by Gasteiger charge is -2.35. The molecule has 0 atom stereocenters. The number of hydrogen-bond acceptors (Lipinski definition) is 4. The zero-order valence-corrected chi connectivity index (χ0v) is 13.6. The predicted molar refractivity (Wildman–Crippen MR) is 88.5 cm³/mol. The molecule has 5 nitrogen and oxygen atoms in total. The van der Waals surface area contributed by atoms with Crippen LogP contribution in [0.3, 0.4) is 0 Å². The highest BCUT2D eigenvalue weighted by atomic mass is 19.3. The summed E-state index contributed by atoms with van der Waals surface area (Å²) >= 11 is 0. The van der Waals surface area contributed by atoms with Gasteiger partial charge in [0.05, 0.1) is 5.56 Å². The molecule has 25 heavy (non-hydrogen) atoms. The van der Waals surface area contributed by atoms with E-state index in [-0.39, 0.29) is 17.2 Å². The van der Waals surface area contributed by atoms with E-state index in [0.29, 0.717) is 13.1 Å². The molecule has 0 radical (unpaired) electrons. The number of rotatable bonds is 5. The van der Waals surface area contributed by atoms with Crippen LogP contribution in [-0.2, 0) is 6.54 Å². The summed E-state index contributed by atoms with van der Waals surface area (Å²) in [6, 6.07) is 10.0. The zero-order chi connectivity index (χ0) is 17.6. The normalized spacial score (nSPS) is 15.4. The number of hydrogen-bond donors (Lipinski definition) is 0. The second-order valence-corrected chi connectivity index (χ2v) is 5.80. The average Bonchev–Trinajstić information content (AvgIpc) is 2.63. The summed E-state index contributed by atoms with van der Waals surface area (Å²) in [6.45, 7) is 0.354. The van der Waals surface area contributed by atoms with Crippen molar-refractivity contribution in [2.45, 2.75) is 13.2 Å². The van der Waals surface area contributed by atoms with Gasteiger partial charge in [0.2, 0.25) is 0 Å². The molecule has 1 amide bonds. The molecular formula is C18H19F2N3O2. The van der Waals surface area contributed by atoms with Crippen LogP contribution in [0.2, 0.25) is 0 Å². The molecule has 0 spiro atoms. The maximum absolute atomic E-state index is 12.6. The number of halogens is 2. The van der Waals surface area contributed by atoms with Gasteiger partial charge in [-0.05, 0) is 23.8 Å². The Morgan fingerprint density at radius 3 is 2.56 bits per heavy atom. The van der Waals surface area contributed by atoms with Gasteiger partial charge in [0, 0.05) is 45.1 Å². The Balaban J connectivity index is 1.60. The van der Waals surface area contributed by atoms with Crippen LogP contribution in [0.25, 0.3) is 0 Å². The van der Waals surface area contributed by atoms with Crippen molar-refractivity contribution in [3.8, 4) is 5.75 Å². The number of alkyl halides is 2. The summed E-state index contributed by atoms with van der Waals surface area (Å²) in [6.07, 6.45) is 3.56. The Labute approximate surface area is 144 Å². The monoisotopic (exact) mass is 347 g/mol. The molecule has 7 heteroatoms. The highest BCUT2D eigenvalue weighted by Crippen LogP contribution is 2.22. The largest absolute Gasteiger partial charge is 0.434 e. The van der Waals surface area contributed by atoms with Crippen LogP contribution in [0, 0.1) is 0 Å². The molecule has 1 aromatic heterocycles. The van der Waals surface area contributed by atoms with Gasteiger partial charge in [-0.3, -0.25) is 14.7 Å². The maximum Gasteiger partial charge on any atom is 0.387 e. The van der Waals surface area contributed by atoms with E-state index in [1.54, 1.807) is 23.2 Å². The maximum atomic E-state index is 12.6. The molecule has 132 valence electrons. The molecule has 0 aliphatic carbocycles. The Morgan fingerprint density at radius 1 is 1.12 bits per heavy atom. The minimum atomic E-state index is -2.95. The van der Waals surface area contributed by atoms with Crippen LogP contribution >= 0.6 is 0 Å². The number of aromatic nitrogens is 1. The quantitative estimate of drug-likeness (QED) is 0.834. The van der Waals surface area contributed by atoms with Crippen molar-refractivity contribution in [2.75, 3.05) is 26.2 Å². The van der Waals surface area contributed by atoms with Gasteiger partial charge < -0.3 is 9.64 Å². The van der Waals surface area contributed by atoms with Gasteiger partial charge in [0.25, 0.3) is 5.91 Å². The summed E-state index contributed by atoms with van der Waals surface area (Å²) < 4.78 is 29.5. The highest BCUT2D eigenvalue weighted by molar-refractivity contribution is 5.97. The topological polar surface area (TPSA) is 45.7 Å². The van der Waals surface area contributed by atoms with Crippen molar-refractivity contribution in [3.63, 3.8) is 0 Å². The molecule has 1 aromatic carbocycles. The molecule has 1 fully saturated rings. The lowest BCUT2D eigenvalue weighted by molar-refractivity contribution is -0.0503. The second kappa shape index (κ2) is 8.02. The number of carbonyl (C=O) groups excluding carboxylic acids is 1. The third-order valence-electron chi connectivity index (χ3n) is 4.12. The SMILES string of the molecule is O=C(c1ccccc1OC(F)F)N1CCN(Cc2cccnc2)CC1. The molecule has 1 saturated heterocycles. The van der Waals surface area contributed by atoms with Gasteiger partial charge in [-0.15, -0.1) is 0 Å². The number of pyridine rings is 1. The van der Waals surface area contributed by atoms with E-state index in [2.05, 4.69) is 14.6 Å². The van der Waals surface area contributed by atoms with Crippen LogP contribution in [0.4, 0.5) is 8.78 Å². The van der Waals surface area contributed by atoms with Gasteiger partial charge >= 0.3 is 6.61 Å². The molecule has 0 bridgehead atoms. The van der Waals surface area contributed by atoms with Crippen LogP contribution < -0.4 is 4.74 Å². The third-order valence-corrected chi connectivity index (χ3v) is 4.12. The first-order valence-electron chi connectivity index (χ1n) is 8.08. The first-order valence-corrected chi connectivity index (χ1v) is 8.08. The van der Waals surface area contributed by atoms with Gasteiger partial charge in [0.15, 0.2) is 0 Å². The molecular weight excluding hydrogens is 328 g/mol. The number of nitrogens with zero attached hydrogens (tertiary/aromatic N) is 3. The van der Waals surface area contributed by atoms with E-state index in [9.17, 15) is 13.6 Å². The van der Waals surface area contributed by atoms with E-state index in [0.717, 1.165) is 25.2 Å². The molecule has 1 aliphatic rings. The van der Waals surface area contributed by atoms with Crippen molar-refractivity contribution in [1.29, 1.82) is 0 Å². The van der Waals surface area contributed by atoms with E-state index >= 15 is 0 Å². The van der Waals surface area contributed by atoms with Gasteiger partial charge in [-0.1, -0.05) is 18.2 Å². The van der Waals surface area contributed by atoms with Crippen LogP contribution in [-0.4, -0.2) is 53.5 Å². The van der Waals surface area contributed by atoms with Crippen molar-refractivity contribution in [1.82, 2.24) is 14.8 Å². The summed E-state index contributed by atoms with van der Waals surface area (Å²) in [7, 11) is 0. The molecule has 0 unspecified atom stereocenters. The van der Waals surface area contributed by atoms with Crippen molar-refractivity contribution in [3.05, 3.63) is 59.9 Å². The number of benzene rings is 1. The Kier molecular flexibility index (Phi) is 5.55. The predicted octanol–water partition coefficient (Wildman–Crippen LogP) is 2.64. The lowest BCUT2D eigenvalue weighted by Crippen LogP contribution is -2.48. The summed E-state index contributed by atoms with van der Waals surface area (Å²) in [5.74, 6) is -0.363. The van der Waals surface area contributed by atoms with Crippen LogP contribution in [0.15, 0.2) is 48.8 Å². The summed E-state index contributed by atoms with van der Waals surface area (Å²) in [4.78, 5) is 20.7. The van der Waals surface area contributed by atoms with Crippen molar-refractivity contribution >= 4 is 5.91 Å². The second-order valence-electron chi connectivity index (χ2n) is 5.80. The minimum Gasteiger partial charge on any atom is -0.434 e. The highest BCUT2D eigenvalue weighted by Gasteiger charge is 2.25. The molecule has 0 N–H and O–H groups in total. The molecule has 1 aliphatic heterocycles. The van der Waals surface area contributed by atoms with Gasteiger partial charge in [-0.25, -0.2) is 0 Å². The number of para-hydroxylation sites is 1. The molecule has 2 heterocycles. The number of amides is 1. The first-order chi connectivity index (χ1) is 12.1. The van der Waals surface area contributed by atoms with Crippen molar-refractivity contribution < 1.29 is 18.3 Å². The Bertz CT molecular complexity index is 704. The van der Waals surface area contributed by atoms with Gasteiger partial charge in [0.1, 0.15) is 5.75 Å². The number of ether oxygens (including phenoxy) is 1. The minimum absolute atomic E-state index is 0.0831. The summed E-state index contributed by atoms with van der Waals surface area (Å²) in [5, 5.41) is 0. The fourth-order valence-electron chi connectivity index (χ4n) is 2.87. The fourth-order valence-corrected chi connectivity index (χ4v) is 2.87. The molecule has 0 saturated carbocycles. The van der Waals surface area contributed by atoms with E-state index < -0.39 is 6.61 Å². The molecule has 3 rings (SSSR count). The third kappa shape index (κ3) is 4.51. The average molecular weight is 347 g/mol. The van der Waals surface area contributed by atoms with E-state index in [1.165, 1.54) is 12.1 Å². The lowest BCUT2D eigenvalue weighted by atomic mass is 10.1. The molecule has 2 aromatic rings. The van der Waals surface area contributed by atoms with Crippen molar-refractivity contribution in [2.24, 2.45) is 0 Å². The van der Waals surface area contributed by atoms with E-state index in [4.69, 9.17) is 0 Å². The number of carbonyl (C=O) groups is 1. The number of piperazine rings is 1. The smallest absolute Gasteiger partial charge is 0.387 e. The van der Waals surface area contributed by atoms with Gasteiger partial charge in [-0.2, -0.15) is 8.78 Å². The van der Waals surface area contributed by atoms with Crippen LogP contribution in [0.5, 0.6) is 5.75 Å². The van der Waals surface area contributed by atoms with E-state index in [1.807, 2.05) is 18.3 Å².